The van der Waals surface area contributed by atoms with Crippen molar-refractivity contribution in [1.82, 2.24) is 9.97 Å². The smallest absolute Gasteiger partial charge is 0.160 e. The Balaban J connectivity index is 2.52. The molecular formula is C14H10N4S. The number of thioether (sulfide) groups is 1. The third-order valence-corrected chi connectivity index (χ3v) is 3.32. The molecule has 0 saturated carbocycles. The van der Waals surface area contributed by atoms with Gasteiger partial charge in [0.1, 0.15) is 16.7 Å². The molecule has 0 aliphatic heterocycles. The molecule has 0 atom stereocenters. The second-order valence-corrected chi connectivity index (χ2v) is 4.70. The number of nitriles is 2. The molecule has 0 spiro atoms. The Kier molecular flexibility index (Phi) is 4.12. The van der Waals surface area contributed by atoms with Crippen molar-refractivity contribution in [2.45, 2.75) is 11.9 Å². The minimum absolute atomic E-state index is 0.263. The number of rotatable bonds is 3. The zero-order chi connectivity index (χ0) is 13.7. The lowest BCUT2D eigenvalue weighted by Crippen LogP contribution is -1.99. The van der Waals surface area contributed by atoms with Gasteiger partial charge in [0.05, 0.1) is 17.5 Å². The van der Waals surface area contributed by atoms with E-state index in [4.69, 9.17) is 10.5 Å². The first kappa shape index (κ1) is 13.1. The number of hydrogen-bond donors (Lipinski definition) is 0. The molecule has 4 nitrogen and oxygen atoms in total. The van der Waals surface area contributed by atoms with Gasteiger partial charge >= 0.3 is 0 Å². The van der Waals surface area contributed by atoms with Crippen molar-refractivity contribution in [3.05, 3.63) is 41.6 Å². The molecule has 2 aromatic rings. The van der Waals surface area contributed by atoms with Gasteiger partial charge in [0.15, 0.2) is 5.82 Å². The topological polar surface area (TPSA) is 73.4 Å². The molecule has 92 valence electrons. The van der Waals surface area contributed by atoms with Crippen LogP contribution in [0.5, 0.6) is 0 Å². The van der Waals surface area contributed by atoms with Crippen LogP contribution < -0.4 is 0 Å². The Morgan fingerprint density at radius 3 is 2.53 bits per heavy atom. The van der Waals surface area contributed by atoms with E-state index in [0.29, 0.717) is 22.1 Å². The highest BCUT2D eigenvalue weighted by Crippen LogP contribution is 2.25. The Hall–Kier alpha value is -2.37. The largest absolute Gasteiger partial charge is 0.232 e. The summed E-state index contributed by atoms with van der Waals surface area (Å²) in [5.41, 5.74) is 1.98. The van der Waals surface area contributed by atoms with Gasteiger partial charge in [-0.3, -0.25) is 0 Å². The van der Waals surface area contributed by atoms with Gasteiger partial charge in [0, 0.05) is 5.56 Å². The third-order valence-electron chi connectivity index (χ3n) is 2.47. The average molecular weight is 266 g/mol. The van der Waals surface area contributed by atoms with E-state index in [1.807, 2.05) is 36.4 Å². The summed E-state index contributed by atoms with van der Waals surface area (Å²) >= 11 is 1.26. The quantitative estimate of drug-likeness (QED) is 0.630. The SMILES string of the molecule is Cc1nc(-c2ccccc2)nc(SCC#N)c1C#N. The van der Waals surface area contributed by atoms with Crippen LogP contribution >= 0.6 is 11.8 Å². The van der Waals surface area contributed by atoms with Crippen molar-refractivity contribution in [2.24, 2.45) is 0 Å². The highest BCUT2D eigenvalue weighted by molar-refractivity contribution is 7.99. The van der Waals surface area contributed by atoms with Crippen LogP contribution in [-0.4, -0.2) is 15.7 Å². The molecule has 0 radical (unpaired) electrons. The molecule has 1 aromatic heterocycles. The molecule has 0 fully saturated rings. The molecule has 2 rings (SSSR count). The molecule has 0 unspecified atom stereocenters. The van der Waals surface area contributed by atoms with Crippen LogP contribution in [0.3, 0.4) is 0 Å². The average Bonchev–Trinajstić information content (AvgIpc) is 2.45. The molecule has 5 heteroatoms. The summed E-state index contributed by atoms with van der Waals surface area (Å²) in [7, 11) is 0. The summed E-state index contributed by atoms with van der Waals surface area (Å²) in [5.74, 6) is 0.844. The van der Waals surface area contributed by atoms with E-state index in [1.54, 1.807) is 6.92 Å². The number of nitrogens with zero attached hydrogens (tertiary/aromatic N) is 4. The molecule has 1 aromatic carbocycles. The molecule has 0 N–H and O–H groups in total. The van der Waals surface area contributed by atoms with Crippen LogP contribution in [0.15, 0.2) is 35.4 Å². The van der Waals surface area contributed by atoms with Crippen molar-refractivity contribution in [2.75, 3.05) is 5.75 Å². The van der Waals surface area contributed by atoms with Gasteiger partial charge in [-0.2, -0.15) is 10.5 Å². The number of aryl methyl sites for hydroxylation is 1. The van der Waals surface area contributed by atoms with Crippen molar-refractivity contribution in [1.29, 1.82) is 10.5 Å². The van der Waals surface area contributed by atoms with Gasteiger partial charge in [-0.1, -0.05) is 42.1 Å². The van der Waals surface area contributed by atoms with E-state index < -0.39 is 0 Å². The molecular weight excluding hydrogens is 256 g/mol. The van der Waals surface area contributed by atoms with E-state index in [2.05, 4.69) is 16.0 Å². The fourth-order valence-electron chi connectivity index (χ4n) is 1.60. The van der Waals surface area contributed by atoms with Crippen LogP contribution in [0.25, 0.3) is 11.4 Å². The zero-order valence-electron chi connectivity index (χ0n) is 10.3. The molecule has 0 bridgehead atoms. The van der Waals surface area contributed by atoms with Gasteiger partial charge in [0.2, 0.25) is 0 Å². The molecule has 0 aliphatic rings. The summed E-state index contributed by atoms with van der Waals surface area (Å²) in [4.78, 5) is 8.74. The fourth-order valence-corrected chi connectivity index (χ4v) is 2.29. The van der Waals surface area contributed by atoms with Crippen LogP contribution in [0.2, 0.25) is 0 Å². The standard InChI is InChI=1S/C14H10N4S/c1-10-12(9-16)14(19-8-7-15)18-13(17-10)11-5-3-2-4-6-11/h2-6H,8H2,1H3. The Morgan fingerprint density at radius 1 is 1.16 bits per heavy atom. The maximum atomic E-state index is 9.13. The highest BCUT2D eigenvalue weighted by atomic mass is 32.2. The van der Waals surface area contributed by atoms with Crippen molar-refractivity contribution >= 4 is 11.8 Å². The van der Waals surface area contributed by atoms with E-state index >= 15 is 0 Å². The molecule has 0 aliphatic carbocycles. The molecule has 19 heavy (non-hydrogen) atoms. The van der Waals surface area contributed by atoms with Gasteiger partial charge in [-0.05, 0) is 6.92 Å². The van der Waals surface area contributed by atoms with E-state index in [1.165, 1.54) is 11.8 Å². The zero-order valence-corrected chi connectivity index (χ0v) is 11.1. The lowest BCUT2D eigenvalue weighted by molar-refractivity contribution is 0.999. The van der Waals surface area contributed by atoms with E-state index in [9.17, 15) is 0 Å². The summed E-state index contributed by atoms with van der Waals surface area (Å²) < 4.78 is 0. The van der Waals surface area contributed by atoms with E-state index in [0.717, 1.165) is 5.56 Å². The Bertz CT molecular complexity index is 668. The summed E-state index contributed by atoms with van der Waals surface area (Å²) in [6.45, 7) is 1.78. The monoisotopic (exact) mass is 266 g/mol. The summed E-state index contributed by atoms with van der Waals surface area (Å²) in [6.07, 6.45) is 0. The maximum absolute atomic E-state index is 9.13. The van der Waals surface area contributed by atoms with Gasteiger partial charge in [-0.25, -0.2) is 9.97 Å². The van der Waals surface area contributed by atoms with Crippen molar-refractivity contribution in [3.63, 3.8) is 0 Å². The van der Waals surface area contributed by atoms with Gasteiger partial charge in [0.25, 0.3) is 0 Å². The third kappa shape index (κ3) is 2.90. The Morgan fingerprint density at radius 2 is 1.89 bits per heavy atom. The first-order chi connectivity index (χ1) is 9.26. The minimum Gasteiger partial charge on any atom is -0.232 e. The van der Waals surface area contributed by atoms with Gasteiger partial charge in [-0.15, -0.1) is 0 Å². The second-order valence-electron chi connectivity index (χ2n) is 3.74. The van der Waals surface area contributed by atoms with Crippen LogP contribution in [-0.2, 0) is 0 Å². The fraction of sp³-hybridized carbons (Fsp3) is 0.143. The number of aromatic nitrogens is 2. The Labute approximate surface area is 115 Å². The lowest BCUT2D eigenvalue weighted by atomic mass is 10.2. The van der Waals surface area contributed by atoms with Crippen molar-refractivity contribution in [3.8, 4) is 23.5 Å². The summed E-state index contributed by atoms with van der Waals surface area (Å²) in [6, 6.07) is 13.7. The predicted octanol–water partition coefficient (Wildman–Crippen LogP) is 2.94. The first-order valence-electron chi connectivity index (χ1n) is 5.60. The number of benzene rings is 1. The van der Waals surface area contributed by atoms with Crippen LogP contribution in [0, 0.1) is 29.6 Å². The first-order valence-corrected chi connectivity index (χ1v) is 6.58. The van der Waals surface area contributed by atoms with Gasteiger partial charge < -0.3 is 0 Å². The normalized spacial score (nSPS) is 9.63. The maximum Gasteiger partial charge on any atom is 0.160 e. The highest BCUT2D eigenvalue weighted by Gasteiger charge is 2.12. The van der Waals surface area contributed by atoms with Crippen LogP contribution in [0.1, 0.15) is 11.3 Å². The van der Waals surface area contributed by atoms with Crippen LogP contribution in [0.4, 0.5) is 0 Å². The lowest BCUT2D eigenvalue weighted by Gasteiger charge is -2.07. The molecule has 1 heterocycles. The van der Waals surface area contributed by atoms with Crippen molar-refractivity contribution < 1.29 is 0 Å². The minimum atomic E-state index is 0.263. The van der Waals surface area contributed by atoms with E-state index in [-0.39, 0.29) is 5.75 Å². The summed E-state index contributed by atoms with van der Waals surface area (Å²) in [5, 5.41) is 18.3. The second kappa shape index (κ2) is 5.99. The molecule has 0 amide bonds. The number of hydrogen-bond acceptors (Lipinski definition) is 5. The molecule has 0 saturated heterocycles. The predicted molar refractivity (Wildman–Crippen MR) is 73.3 cm³/mol.